The van der Waals surface area contributed by atoms with Crippen LogP contribution in [0.25, 0.3) is 0 Å². The predicted octanol–water partition coefficient (Wildman–Crippen LogP) is 4.21. The van der Waals surface area contributed by atoms with Crippen LogP contribution in [0.1, 0.15) is 27.7 Å². The average Bonchev–Trinajstić information content (AvgIpc) is 2.50. The van der Waals surface area contributed by atoms with Gasteiger partial charge >= 0.3 is 0 Å². The van der Waals surface area contributed by atoms with Crippen LogP contribution in [0.4, 0.5) is 17.2 Å². The molecule has 0 radical (unpaired) electrons. The molecular weight excluding hydrogens is 290 g/mol. The maximum Gasteiger partial charge on any atom is 0.230 e. The van der Waals surface area contributed by atoms with Crippen molar-refractivity contribution >= 4 is 23.1 Å². The summed E-state index contributed by atoms with van der Waals surface area (Å²) in [7, 11) is 0. The van der Waals surface area contributed by atoms with Gasteiger partial charge < -0.3 is 15.4 Å². The molecule has 1 aromatic carbocycles. The van der Waals surface area contributed by atoms with Gasteiger partial charge in [0, 0.05) is 11.1 Å². The molecule has 5 heteroatoms. The minimum atomic E-state index is -0.444. The van der Waals surface area contributed by atoms with Crippen LogP contribution >= 0.6 is 0 Å². The van der Waals surface area contributed by atoms with Crippen molar-refractivity contribution in [2.45, 2.75) is 27.7 Å². The number of aromatic nitrogens is 1. The fraction of sp³-hybridized carbons (Fsp3) is 0.333. The summed E-state index contributed by atoms with van der Waals surface area (Å²) in [5, 5.41) is 6.05. The van der Waals surface area contributed by atoms with Gasteiger partial charge in [-0.2, -0.15) is 0 Å². The van der Waals surface area contributed by atoms with Crippen molar-refractivity contribution in [2.75, 3.05) is 17.2 Å². The Balaban J connectivity index is 1.98. The van der Waals surface area contributed by atoms with Crippen LogP contribution in [-0.4, -0.2) is 17.5 Å². The third-order valence-electron chi connectivity index (χ3n) is 3.14. The molecule has 0 aliphatic heterocycles. The van der Waals surface area contributed by atoms with E-state index in [1.807, 2.05) is 58.0 Å². The number of carbonyl (C=O) groups is 1. The highest BCUT2D eigenvalue weighted by Crippen LogP contribution is 2.21. The van der Waals surface area contributed by atoms with E-state index < -0.39 is 5.41 Å². The summed E-state index contributed by atoms with van der Waals surface area (Å²) in [6.45, 7) is 8.20. The van der Waals surface area contributed by atoms with Crippen LogP contribution < -0.4 is 15.4 Å². The Bertz CT molecular complexity index is 643. The molecule has 0 bridgehead atoms. The molecule has 0 unspecified atom stereocenters. The standard InChI is InChI=1S/C18H23N3O2/c1-5-23-15-9-6-13(7-10-15)20-14-8-11-16(19-12-14)21-17(22)18(2,3)4/h6-12,20H,5H2,1-4H3,(H,19,21,22). The maximum absolute atomic E-state index is 11.9. The van der Waals surface area contributed by atoms with Gasteiger partial charge in [-0.15, -0.1) is 0 Å². The molecule has 122 valence electrons. The van der Waals surface area contributed by atoms with Crippen LogP contribution in [0.15, 0.2) is 42.6 Å². The summed E-state index contributed by atoms with van der Waals surface area (Å²) in [6.07, 6.45) is 1.69. The molecular formula is C18H23N3O2. The van der Waals surface area contributed by atoms with E-state index in [1.165, 1.54) is 0 Å². The van der Waals surface area contributed by atoms with Gasteiger partial charge in [-0.1, -0.05) is 20.8 Å². The van der Waals surface area contributed by atoms with E-state index in [9.17, 15) is 4.79 Å². The van der Waals surface area contributed by atoms with E-state index in [4.69, 9.17) is 4.74 Å². The van der Waals surface area contributed by atoms with E-state index in [0.717, 1.165) is 17.1 Å². The zero-order valence-electron chi connectivity index (χ0n) is 14.0. The first kappa shape index (κ1) is 16.8. The van der Waals surface area contributed by atoms with Crippen molar-refractivity contribution in [3.8, 4) is 5.75 Å². The van der Waals surface area contributed by atoms with E-state index in [1.54, 1.807) is 12.3 Å². The van der Waals surface area contributed by atoms with Crippen LogP contribution in [0.3, 0.4) is 0 Å². The lowest BCUT2D eigenvalue weighted by Crippen LogP contribution is -2.27. The number of carbonyl (C=O) groups excluding carboxylic acids is 1. The molecule has 0 atom stereocenters. The Labute approximate surface area is 137 Å². The molecule has 0 saturated heterocycles. The summed E-state index contributed by atoms with van der Waals surface area (Å²) in [4.78, 5) is 16.2. The van der Waals surface area contributed by atoms with Crippen molar-refractivity contribution in [3.05, 3.63) is 42.6 Å². The van der Waals surface area contributed by atoms with Gasteiger partial charge in [0.15, 0.2) is 0 Å². The molecule has 5 nitrogen and oxygen atoms in total. The number of ether oxygens (including phenoxy) is 1. The number of anilines is 3. The number of hydrogen-bond acceptors (Lipinski definition) is 4. The summed E-state index contributed by atoms with van der Waals surface area (Å²) < 4.78 is 5.41. The monoisotopic (exact) mass is 313 g/mol. The largest absolute Gasteiger partial charge is 0.494 e. The number of hydrogen-bond donors (Lipinski definition) is 2. The van der Waals surface area contributed by atoms with Gasteiger partial charge in [0.2, 0.25) is 5.91 Å². The van der Waals surface area contributed by atoms with E-state index in [0.29, 0.717) is 12.4 Å². The average molecular weight is 313 g/mol. The van der Waals surface area contributed by atoms with Gasteiger partial charge in [-0.3, -0.25) is 4.79 Å². The second-order valence-electron chi connectivity index (χ2n) is 6.22. The fourth-order valence-corrected chi connectivity index (χ4v) is 1.81. The smallest absolute Gasteiger partial charge is 0.230 e. The van der Waals surface area contributed by atoms with Gasteiger partial charge in [0.1, 0.15) is 11.6 Å². The van der Waals surface area contributed by atoms with Crippen molar-refractivity contribution in [1.82, 2.24) is 4.98 Å². The van der Waals surface area contributed by atoms with Crippen LogP contribution in [0.2, 0.25) is 0 Å². The molecule has 23 heavy (non-hydrogen) atoms. The number of benzene rings is 1. The Morgan fingerprint density at radius 1 is 1.09 bits per heavy atom. The first-order valence-corrected chi connectivity index (χ1v) is 7.66. The molecule has 0 saturated carbocycles. The first-order valence-electron chi connectivity index (χ1n) is 7.66. The lowest BCUT2D eigenvalue weighted by molar-refractivity contribution is -0.123. The van der Waals surface area contributed by atoms with E-state index >= 15 is 0 Å². The Morgan fingerprint density at radius 3 is 2.26 bits per heavy atom. The zero-order chi connectivity index (χ0) is 16.9. The number of pyridine rings is 1. The quantitative estimate of drug-likeness (QED) is 0.868. The predicted molar refractivity (Wildman–Crippen MR) is 93.2 cm³/mol. The molecule has 2 N–H and O–H groups in total. The molecule has 0 spiro atoms. The Kier molecular flexibility index (Phi) is 5.21. The van der Waals surface area contributed by atoms with Gasteiger partial charge in [-0.25, -0.2) is 4.98 Å². The summed E-state index contributed by atoms with van der Waals surface area (Å²) in [6, 6.07) is 11.4. The zero-order valence-corrected chi connectivity index (χ0v) is 14.0. The second kappa shape index (κ2) is 7.13. The normalized spacial score (nSPS) is 11.0. The maximum atomic E-state index is 11.9. The minimum Gasteiger partial charge on any atom is -0.494 e. The molecule has 0 aliphatic rings. The van der Waals surface area contributed by atoms with Crippen molar-refractivity contribution in [2.24, 2.45) is 5.41 Å². The van der Waals surface area contributed by atoms with Crippen molar-refractivity contribution < 1.29 is 9.53 Å². The van der Waals surface area contributed by atoms with Crippen LogP contribution in [0, 0.1) is 5.41 Å². The van der Waals surface area contributed by atoms with Gasteiger partial charge in [0.05, 0.1) is 18.5 Å². The Morgan fingerprint density at radius 2 is 1.74 bits per heavy atom. The molecule has 0 fully saturated rings. The first-order chi connectivity index (χ1) is 10.9. The highest BCUT2D eigenvalue weighted by Gasteiger charge is 2.21. The van der Waals surface area contributed by atoms with Gasteiger partial charge in [0.25, 0.3) is 0 Å². The summed E-state index contributed by atoms with van der Waals surface area (Å²) >= 11 is 0. The summed E-state index contributed by atoms with van der Waals surface area (Å²) in [5.41, 5.74) is 1.35. The highest BCUT2D eigenvalue weighted by atomic mass is 16.5. The van der Waals surface area contributed by atoms with E-state index in [-0.39, 0.29) is 5.91 Å². The molecule has 1 heterocycles. The Hall–Kier alpha value is -2.56. The van der Waals surface area contributed by atoms with E-state index in [2.05, 4.69) is 15.6 Å². The van der Waals surface area contributed by atoms with Crippen LogP contribution in [-0.2, 0) is 4.79 Å². The number of amides is 1. The molecule has 1 aromatic heterocycles. The van der Waals surface area contributed by atoms with Gasteiger partial charge in [-0.05, 0) is 43.3 Å². The topological polar surface area (TPSA) is 63.2 Å². The lowest BCUT2D eigenvalue weighted by Gasteiger charge is -2.17. The third kappa shape index (κ3) is 4.98. The van der Waals surface area contributed by atoms with Crippen LogP contribution in [0.5, 0.6) is 5.75 Å². The van der Waals surface area contributed by atoms with Crippen molar-refractivity contribution in [1.29, 1.82) is 0 Å². The molecule has 2 aromatic rings. The molecule has 2 rings (SSSR count). The summed E-state index contributed by atoms with van der Waals surface area (Å²) in [5.74, 6) is 1.33. The fourth-order valence-electron chi connectivity index (χ4n) is 1.81. The molecule has 1 amide bonds. The van der Waals surface area contributed by atoms with Crippen molar-refractivity contribution in [3.63, 3.8) is 0 Å². The minimum absolute atomic E-state index is 0.0581. The number of nitrogens with zero attached hydrogens (tertiary/aromatic N) is 1. The number of nitrogens with one attached hydrogen (secondary N) is 2. The molecule has 0 aliphatic carbocycles. The second-order valence-corrected chi connectivity index (χ2v) is 6.22. The number of rotatable bonds is 5. The SMILES string of the molecule is CCOc1ccc(Nc2ccc(NC(=O)C(C)(C)C)nc2)cc1. The lowest BCUT2D eigenvalue weighted by atomic mass is 9.96. The third-order valence-corrected chi connectivity index (χ3v) is 3.14. The highest BCUT2D eigenvalue weighted by molar-refractivity contribution is 5.93.